The predicted molar refractivity (Wildman–Crippen MR) is 92.4 cm³/mol. The average Bonchev–Trinajstić information content (AvgIpc) is 2.56. The molecule has 0 saturated carbocycles. The fourth-order valence-corrected chi connectivity index (χ4v) is 2.30. The zero-order valence-corrected chi connectivity index (χ0v) is 14.0. The van der Waals surface area contributed by atoms with Gasteiger partial charge in [0.1, 0.15) is 5.82 Å². The van der Waals surface area contributed by atoms with Crippen LogP contribution in [-0.4, -0.2) is 30.3 Å². The maximum atomic E-state index is 13.5. The Hall–Kier alpha value is -2.40. The lowest BCUT2D eigenvalue weighted by molar-refractivity contribution is -0.133. The van der Waals surface area contributed by atoms with Crippen molar-refractivity contribution in [1.29, 1.82) is 0 Å². The first-order chi connectivity index (χ1) is 11.5. The first-order valence-corrected chi connectivity index (χ1v) is 7.86. The number of aryl methyl sites for hydroxylation is 1. The molecule has 0 aromatic heterocycles. The number of nitrogens with zero attached hydrogens (tertiary/aromatic N) is 1. The molecule has 0 radical (unpaired) electrons. The minimum Gasteiger partial charge on any atom is -0.336 e. The van der Waals surface area contributed by atoms with Crippen molar-refractivity contribution >= 4 is 29.1 Å². The molecule has 24 heavy (non-hydrogen) atoms. The molecule has 2 rings (SSSR count). The van der Waals surface area contributed by atoms with E-state index in [-0.39, 0.29) is 30.6 Å². The number of hydrogen-bond acceptors (Lipinski definition) is 2. The van der Waals surface area contributed by atoms with E-state index in [4.69, 9.17) is 11.6 Å². The Morgan fingerprint density at radius 3 is 2.46 bits per heavy atom. The molecule has 0 saturated heterocycles. The largest absolute Gasteiger partial charge is 0.336 e. The van der Waals surface area contributed by atoms with Gasteiger partial charge in [-0.1, -0.05) is 29.8 Å². The molecular weight excluding hydrogens is 331 g/mol. The summed E-state index contributed by atoms with van der Waals surface area (Å²) in [5.41, 5.74) is 1.10. The van der Waals surface area contributed by atoms with E-state index in [1.54, 1.807) is 49.5 Å². The molecule has 126 valence electrons. The molecule has 0 fully saturated rings. The van der Waals surface area contributed by atoms with Gasteiger partial charge in [-0.3, -0.25) is 9.59 Å². The van der Waals surface area contributed by atoms with Crippen LogP contribution in [0.4, 0.5) is 10.1 Å². The summed E-state index contributed by atoms with van der Waals surface area (Å²) in [4.78, 5) is 25.3. The van der Waals surface area contributed by atoms with Crippen LogP contribution < -0.4 is 5.32 Å². The van der Waals surface area contributed by atoms with E-state index in [0.717, 1.165) is 0 Å². The number of rotatable bonds is 6. The molecule has 6 heteroatoms. The van der Waals surface area contributed by atoms with Gasteiger partial charge in [-0.15, -0.1) is 0 Å². The van der Waals surface area contributed by atoms with Crippen LogP contribution in [0.5, 0.6) is 0 Å². The van der Waals surface area contributed by atoms with Gasteiger partial charge in [0.15, 0.2) is 0 Å². The summed E-state index contributed by atoms with van der Waals surface area (Å²) in [7, 11) is 1.55. The lowest BCUT2D eigenvalue weighted by Crippen LogP contribution is -2.35. The first kappa shape index (κ1) is 17.9. The van der Waals surface area contributed by atoms with Crippen LogP contribution in [0, 0.1) is 5.82 Å². The predicted octanol–water partition coefficient (Wildman–Crippen LogP) is 3.51. The van der Waals surface area contributed by atoms with Gasteiger partial charge in [0, 0.05) is 24.2 Å². The third-order valence-electron chi connectivity index (χ3n) is 3.50. The topological polar surface area (TPSA) is 49.4 Å². The number of halogens is 2. The quantitative estimate of drug-likeness (QED) is 0.868. The first-order valence-electron chi connectivity index (χ1n) is 7.48. The van der Waals surface area contributed by atoms with Crippen molar-refractivity contribution in [2.45, 2.75) is 12.8 Å². The second-order valence-corrected chi connectivity index (χ2v) is 5.83. The van der Waals surface area contributed by atoms with E-state index < -0.39 is 0 Å². The number of likely N-dealkylation sites (N-methyl/N-ethyl adjacent to an activating group) is 1. The van der Waals surface area contributed by atoms with E-state index >= 15 is 0 Å². The lowest BCUT2D eigenvalue weighted by Gasteiger charge is -2.17. The Morgan fingerprint density at radius 1 is 1.12 bits per heavy atom. The van der Waals surface area contributed by atoms with Crippen LogP contribution in [0.3, 0.4) is 0 Å². The van der Waals surface area contributed by atoms with Gasteiger partial charge in [-0.2, -0.15) is 0 Å². The molecule has 0 aliphatic carbocycles. The van der Waals surface area contributed by atoms with Crippen molar-refractivity contribution in [1.82, 2.24) is 4.90 Å². The van der Waals surface area contributed by atoms with Crippen LogP contribution in [0.1, 0.15) is 12.0 Å². The summed E-state index contributed by atoms with van der Waals surface area (Å²) < 4.78 is 13.5. The van der Waals surface area contributed by atoms with Gasteiger partial charge < -0.3 is 10.2 Å². The fraction of sp³-hybridized carbons (Fsp3) is 0.222. The number of anilines is 1. The number of carbonyl (C=O) groups is 2. The van der Waals surface area contributed by atoms with E-state index in [1.165, 1.54) is 11.0 Å². The highest BCUT2D eigenvalue weighted by atomic mass is 35.5. The minimum atomic E-state index is -0.326. The fourth-order valence-electron chi connectivity index (χ4n) is 2.17. The average molecular weight is 349 g/mol. The van der Waals surface area contributed by atoms with Gasteiger partial charge in [-0.05, 0) is 42.3 Å². The van der Waals surface area contributed by atoms with Gasteiger partial charge >= 0.3 is 0 Å². The zero-order valence-electron chi connectivity index (χ0n) is 13.3. The highest BCUT2D eigenvalue weighted by Gasteiger charge is 2.14. The van der Waals surface area contributed by atoms with Crippen LogP contribution in [-0.2, 0) is 16.0 Å². The molecule has 0 unspecified atom stereocenters. The number of nitrogens with one attached hydrogen (secondary N) is 1. The molecular formula is C18H18ClFN2O2. The highest BCUT2D eigenvalue weighted by molar-refractivity contribution is 6.30. The summed E-state index contributed by atoms with van der Waals surface area (Å²) in [6.07, 6.45) is 0.445. The summed E-state index contributed by atoms with van der Waals surface area (Å²) in [6.45, 7) is -0.0707. The van der Waals surface area contributed by atoms with Crippen LogP contribution >= 0.6 is 11.6 Å². The number of carbonyl (C=O) groups excluding carboxylic acids is 2. The number of amides is 2. The summed E-state index contributed by atoms with van der Waals surface area (Å²) in [6, 6.07) is 13.0. The molecule has 0 atom stereocenters. The molecule has 2 amide bonds. The third kappa shape index (κ3) is 5.35. The van der Waals surface area contributed by atoms with Crippen LogP contribution in [0.25, 0.3) is 0 Å². The van der Waals surface area contributed by atoms with Gasteiger partial charge in [0.05, 0.1) is 6.54 Å². The van der Waals surface area contributed by atoms with Crippen molar-refractivity contribution in [3.8, 4) is 0 Å². The Morgan fingerprint density at radius 2 is 1.79 bits per heavy atom. The maximum Gasteiger partial charge on any atom is 0.243 e. The normalized spacial score (nSPS) is 10.3. The smallest absolute Gasteiger partial charge is 0.243 e. The summed E-state index contributed by atoms with van der Waals surface area (Å²) in [5, 5.41) is 3.26. The van der Waals surface area contributed by atoms with Gasteiger partial charge in [-0.25, -0.2) is 4.39 Å². The van der Waals surface area contributed by atoms with Crippen LogP contribution in [0.15, 0.2) is 48.5 Å². The standard InChI is InChI=1S/C18H18ClFN2O2/c1-22(12-17(23)21-15-9-7-14(19)8-10-15)18(24)11-6-13-4-2-3-5-16(13)20/h2-5,7-10H,6,11-12H2,1H3,(H,21,23). The second kappa shape index (κ2) is 8.45. The number of benzene rings is 2. The van der Waals surface area contributed by atoms with Crippen molar-refractivity contribution in [2.75, 3.05) is 18.9 Å². The van der Waals surface area contributed by atoms with Crippen molar-refractivity contribution < 1.29 is 14.0 Å². The van der Waals surface area contributed by atoms with Gasteiger partial charge in [0.2, 0.25) is 11.8 Å². The van der Waals surface area contributed by atoms with Crippen molar-refractivity contribution in [2.24, 2.45) is 0 Å². The second-order valence-electron chi connectivity index (χ2n) is 5.40. The third-order valence-corrected chi connectivity index (χ3v) is 3.75. The molecule has 0 aliphatic rings. The Labute approximate surface area is 145 Å². The van der Waals surface area contributed by atoms with E-state index in [2.05, 4.69) is 5.32 Å². The SMILES string of the molecule is CN(CC(=O)Nc1ccc(Cl)cc1)C(=O)CCc1ccccc1F. The van der Waals surface area contributed by atoms with E-state index in [0.29, 0.717) is 22.7 Å². The van der Waals surface area contributed by atoms with E-state index in [9.17, 15) is 14.0 Å². The van der Waals surface area contributed by atoms with Crippen LogP contribution in [0.2, 0.25) is 5.02 Å². The lowest BCUT2D eigenvalue weighted by atomic mass is 10.1. The number of hydrogen-bond donors (Lipinski definition) is 1. The molecule has 0 spiro atoms. The molecule has 2 aromatic rings. The summed E-state index contributed by atoms with van der Waals surface area (Å²) in [5.74, 6) is -0.850. The Balaban J connectivity index is 1.81. The molecule has 0 bridgehead atoms. The monoisotopic (exact) mass is 348 g/mol. The molecule has 0 heterocycles. The Kier molecular flexibility index (Phi) is 6.32. The molecule has 4 nitrogen and oxygen atoms in total. The van der Waals surface area contributed by atoms with Crippen molar-refractivity contribution in [3.63, 3.8) is 0 Å². The van der Waals surface area contributed by atoms with Crippen molar-refractivity contribution in [3.05, 3.63) is 64.9 Å². The Bertz CT molecular complexity index is 719. The highest BCUT2D eigenvalue weighted by Crippen LogP contribution is 2.13. The molecule has 0 aliphatic heterocycles. The van der Waals surface area contributed by atoms with Gasteiger partial charge in [0.25, 0.3) is 0 Å². The molecule has 1 N–H and O–H groups in total. The minimum absolute atomic E-state index is 0.0707. The molecule has 2 aromatic carbocycles. The summed E-state index contributed by atoms with van der Waals surface area (Å²) >= 11 is 5.78. The zero-order chi connectivity index (χ0) is 17.5. The maximum absolute atomic E-state index is 13.5. The van der Waals surface area contributed by atoms with E-state index in [1.807, 2.05) is 0 Å².